The lowest BCUT2D eigenvalue weighted by atomic mass is 10.0. The second kappa shape index (κ2) is 7.75. The van der Waals surface area contributed by atoms with Crippen LogP contribution in [0.3, 0.4) is 0 Å². The van der Waals surface area contributed by atoms with Gasteiger partial charge in [-0.2, -0.15) is 0 Å². The van der Waals surface area contributed by atoms with E-state index in [0.29, 0.717) is 28.1 Å². The maximum absolute atomic E-state index is 13.5. The Morgan fingerprint density at radius 3 is 2.59 bits per heavy atom. The second-order valence-electron chi connectivity index (χ2n) is 6.89. The highest BCUT2D eigenvalue weighted by Gasteiger charge is 2.13. The minimum absolute atomic E-state index is 0.0901. The summed E-state index contributed by atoms with van der Waals surface area (Å²) in [5.41, 5.74) is 4.48. The van der Waals surface area contributed by atoms with Crippen molar-refractivity contribution in [3.63, 3.8) is 0 Å². The zero-order valence-electron chi connectivity index (χ0n) is 16.1. The summed E-state index contributed by atoms with van der Waals surface area (Å²) in [6.45, 7) is 3.49. The molecule has 6 heteroatoms. The van der Waals surface area contributed by atoms with E-state index in [0.717, 1.165) is 16.9 Å². The van der Waals surface area contributed by atoms with Crippen molar-refractivity contribution in [2.45, 2.75) is 20.3 Å². The number of nitrogens with one attached hydrogen (secondary N) is 1. The predicted molar refractivity (Wildman–Crippen MR) is 111 cm³/mol. The summed E-state index contributed by atoms with van der Waals surface area (Å²) in [6.07, 6.45) is 1.81. The third-order valence-corrected chi connectivity index (χ3v) is 4.71. The third-order valence-electron chi connectivity index (χ3n) is 4.71. The highest BCUT2D eigenvalue weighted by Crippen LogP contribution is 2.20. The Kier molecular flexibility index (Phi) is 4.99. The van der Waals surface area contributed by atoms with Crippen molar-refractivity contribution < 1.29 is 9.18 Å². The van der Waals surface area contributed by atoms with Crippen LogP contribution in [0.2, 0.25) is 0 Å². The summed E-state index contributed by atoms with van der Waals surface area (Å²) < 4.78 is 13.5. The normalized spacial score (nSPS) is 10.9. The summed E-state index contributed by atoms with van der Waals surface area (Å²) in [7, 11) is 0. The summed E-state index contributed by atoms with van der Waals surface area (Å²) in [6, 6.07) is 15.9. The van der Waals surface area contributed by atoms with E-state index < -0.39 is 0 Å². The van der Waals surface area contributed by atoms with Crippen molar-refractivity contribution in [1.29, 1.82) is 0 Å². The fourth-order valence-electron chi connectivity index (χ4n) is 3.07. The van der Waals surface area contributed by atoms with Crippen molar-refractivity contribution in [3.8, 4) is 0 Å². The number of halogens is 1. The molecule has 0 radical (unpaired) electrons. The van der Waals surface area contributed by atoms with Gasteiger partial charge in [0.2, 0.25) is 0 Å². The van der Waals surface area contributed by atoms with Gasteiger partial charge in [-0.3, -0.25) is 4.79 Å². The van der Waals surface area contributed by atoms with E-state index in [1.165, 1.54) is 12.1 Å². The molecule has 2 aromatic carbocycles. The number of Topliss-reactive ketones (excluding diaryl/α,β-unsaturated/α-hetero) is 1. The Labute approximate surface area is 167 Å². The van der Waals surface area contributed by atoms with Crippen LogP contribution >= 0.6 is 0 Å². The molecule has 0 unspecified atom stereocenters. The van der Waals surface area contributed by atoms with Crippen LogP contribution in [0.5, 0.6) is 0 Å². The number of hydrogen-bond donors (Lipinski definition) is 1. The standard InChI is InChI=1S/C23H19FN4O/c1-14-10-16(8-9-19(14)24)21(29)12-17-11-20-23(26-15(17)2)28-22(13-25-20)27-18-6-4-3-5-7-18/h3-11,13H,12H2,1-2H3,(H,26,27,28). The number of benzene rings is 2. The molecule has 0 bridgehead atoms. The smallest absolute Gasteiger partial charge is 0.180 e. The number of pyridine rings is 1. The Hall–Kier alpha value is -3.67. The third kappa shape index (κ3) is 4.11. The first kappa shape index (κ1) is 18.7. The van der Waals surface area contributed by atoms with E-state index in [1.807, 2.05) is 43.3 Å². The van der Waals surface area contributed by atoms with Gasteiger partial charge >= 0.3 is 0 Å². The van der Waals surface area contributed by atoms with E-state index in [9.17, 15) is 9.18 Å². The lowest BCUT2D eigenvalue weighted by Crippen LogP contribution is -2.07. The molecular formula is C23H19FN4O. The van der Waals surface area contributed by atoms with Crippen LogP contribution in [0.4, 0.5) is 15.9 Å². The molecule has 0 atom stereocenters. The molecule has 0 spiro atoms. The van der Waals surface area contributed by atoms with Gasteiger partial charge in [0.1, 0.15) is 11.3 Å². The number of anilines is 2. The number of fused-ring (bicyclic) bond motifs is 1. The van der Waals surface area contributed by atoms with Crippen LogP contribution in [-0.4, -0.2) is 20.7 Å². The molecular weight excluding hydrogens is 367 g/mol. The van der Waals surface area contributed by atoms with Crippen molar-refractivity contribution in [2.75, 3.05) is 5.32 Å². The molecule has 144 valence electrons. The monoisotopic (exact) mass is 386 g/mol. The minimum Gasteiger partial charge on any atom is -0.339 e. The number of carbonyl (C=O) groups excluding carboxylic acids is 1. The van der Waals surface area contributed by atoms with Crippen LogP contribution < -0.4 is 5.32 Å². The van der Waals surface area contributed by atoms with Crippen molar-refractivity contribution in [2.24, 2.45) is 0 Å². The van der Waals surface area contributed by atoms with Gasteiger partial charge in [-0.05, 0) is 61.4 Å². The van der Waals surface area contributed by atoms with E-state index in [2.05, 4.69) is 20.3 Å². The molecule has 4 rings (SSSR count). The van der Waals surface area contributed by atoms with E-state index in [4.69, 9.17) is 0 Å². The molecule has 2 heterocycles. The van der Waals surface area contributed by atoms with Gasteiger partial charge in [0.25, 0.3) is 0 Å². The molecule has 0 aliphatic carbocycles. The number of aryl methyl sites for hydroxylation is 2. The number of ketones is 1. The average Bonchev–Trinajstić information content (AvgIpc) is 2.71. The Morgan fingerprint density at radius 1 is 1.03 bits per heavy atom. The van der Waals surface area contributed by atoms with Gasteiger partial charge in [0.15, 0.2) is 17.2 Å². The topological polar surface area (TPSA) is 67.8 Å². The first-order chi connectivity index (χ1) is 14.0. The Bertz CT molecular complexity index is 1210. The number of hydrogen-bond acceptors (Lipinski definition) is 5. The van der Waals surface area contributed by atoms with Crippen LogP contribution in [0.1, 0.15) is 27.2 Å². The molecule has 0 saturated carbocycles. The van der Waals surface area contributed by atoms with Crippen LogP contribution in [0.15, 0.2) is 60.8 Å². The van der Waals surface area contributed by atoms with Gasteiger partial charge in [-0.25, -0.2) is 19.3 Å². The second-order valence-corrected chi connectivity index (χ2v) is 6.89. The Balaban J connectivity index is 1.59. The van der Waals surface area contributed by atoms with E-state index >= 15 is 0 Å². The highest BCUT2D eigenvalue weighted by atomic mass is 19.1. The molecule has 5 nitrogen and oxygen atoms in total. The van der Waals surface area contributed by atoms with Crippen molar-refractivity contribution >= 4 is 28.5 Å². The number of carbonyl (C=O) groups is 1. The number of nitrogens with zero attached hydrogens (tertiary/aromatic N) is 3. The fourth-order valence-corrected chi connectivity index (χ4v) is 3.07. The molecule has 0 fully saturated rings. The van der Waals surface area contributed by atoms with Gasteiger partial charge in [0.05, 0.1) is 6.20 Å². The fraction of sp³-hybridized carbons (Fsp3) is 0.130. The summed E-state index contributed by atoms with van der Waals surface area (Å²) >= 11 is 0. The minimum atomic E-state index is -0.319. The molecule has 0 saturated heterocycles. The average molecular weight is 386 g/mol. The van der Waals surface area contributed by atoms with Gasteiger partial charge in [-0.15, -0.1) is 0 Å². The maximum atomic E-state index is 13.5. The summed E-state index contributed by atoms with van der Waals surface area (Å²) in [5.74, 6) is 0.189. The molecule has 0 amide bonds. The molecule has 0 aliphatic rings. The predicted octanol–water partition coefficient (Wildman–Crippen LogP) is 4.95. The maximum Gasteiger partial charge on any atom is 0.180 e. The van der Waals surface area contributed by atoms with Gasteiger partial charge in [0, 0.05) is 23.4 Å². The van der Waals surface area contributed by atoms with Crippen molar-refractivity contribution in [1.82, 2.24) is 15.0 Å². The van der Waals surface area contributed by atoms with Crippen molar-refractivity contribution in [3.05, 3.63) is 89.0 Å². The number of rotatable bonds is 5. The molecule has 29 heavy (non-hydrogen) atoms. The van der Waals surface area contributed by atoms with Gasteiger partial charge in [-0.1, -0.05) is 18.2 Å². The largest absolute Gasteiger partial charge is 0.339 e. The van der Waals surface area contributed by atoms with Crippen LogP contribution in [0, 0.1) is 19.7 Å². The molecule has 0 aliphatic heterocycles. The summed E-state index contributed by atoms with van der Waals surface area (Å²) in [4.78, 5) is 26.1. The van der Waals surface area contributed by atoms with Crippen LogP contribution in [0.25, 0.3) is 11.2 Å². The molecule has 4 aromatic rings. The lowest BCUT2D eigenvalue weighted by Gasteiger charge is -2.09. The quantitative estimate of drug-likeness (QED) is 0.492. The van der Waals surface area contributed by atoms with Gasteiger partial charge < -0.3 is 5.32 Å². The molecule has 1 N–H and O–H groups in total. The SMILES string of the molecule is Cc1cc(C(=O)Cc2cc3ncc(Nc4ccccc4)nc3nc2C)ccc1F. The molecule has 2 aromatic heterocycles. The number of aromatic nitrogens is 3. The Morgan fingerprint density at radius 2 is 1.83 bits per heavy atom. The first-order valence-corrected chi connectivity index (χ1v) is 9.24. The lowest BCUT2D eigenvalue weighted by molar-refractivity contribution is 0.0992. The van der Waals surface area contributed by atoms with E-state index in [1.54, 1.807) is 19.2 Å². The highest BCUT2D eigenvalue weighted by molar-refractivity contribution is 5.98. The first-order valence-electron chi connectivity index (χ1n) is 9.24. The number of para-hydroxylation sites is 1. The zero-order valence-corrected chi connectivity index (χ0v) is 16.1. The summed E-state index contributed by atoms with van der Waals surface area (Å²) in [5, 5.41) is 3.20. The zero-order chi connectivity index (χ0) is 20.4. The van der Waals surface area contributed by atoms with E-state index in [-0.39, 0.29) is 18.0 Å². The van der Waals surface area contributed by atoms with Crippen LogP contribution in [-0.2, 0) is 6.42 Å².